The van der Waals surface area contributed by atoms with E-state index in [1.165, 1.54) is 4.88 Å². The van der Waals surface area contributed by atoms with Gasteiger partial charge >= 0.3 is 0 Å². The first kappa shape index (κ1) is 12.2. The lowest BCUT2D eigenvalue weighted by molar-refractivity contribution is -0.127. The third-order valence-corrected chi connectivity index (χ3v) is 2.76. The fraction of sp³-hybridized carbons (Fsp3) is 0.545. The zero-order valence-electron chi connectivity index (χ0n) is 9.16. The molecule has 4 heteroatoms. The number of carbonyl (C=O) groups is 1. The topological polar surface area (TPSA) is 38.3 Å². The molecule has 0 aliphatic rings. The van der Waals surface area contributed by atoms with Crippen LogP contribution in [0.1, 0.15) is 18.7 Å². The second kappa shape index (κ2) is 6.58. The van der Waals surface area contributed by atoms with E-state index in [4.69, 9.17) is 4.74 Å². The van der Waals surface area contributed by atoms with E-state index in [9.17, 15) is 4.79 Å². The predicted molar refractivity (Wildman–Crippen MR) is 62.1 cm³/mol. The van der Waals surface area contributed by atoms with E-state index < -0.39 is 0 Å². The Morgan fingerprint density at radius 3 is 3.00 bits per heavy atom. The van der Waals surface area contributed by atoms with Gasteiger partial charge < -0.3 is 10.1 Å². The third kappa shape index (κ3) is 5.54. The summed E-state index contributed by atoms with van der Waals surface area (Å²) >= 11 is 1.71. The molecule has 1 N–H and O–H groups in total. The van der Waals surface area contributed by atoms with Gasteiger partial charge in [0, 0.05) is 11.4 Å². The van der Waals surface area contributed by atoms with Crippen LogP contribution in [-0.2, 0) is 16.0 Å². The van der Waals surface area contributed by atoms with Crippen molar-refractivity contribution in [2.75, 3.05) is 13.2 Å². The Labute approximate surface area is 94.5 Å². The van der Waals surface area contributed by atoms with E-state index in [0.29, 0.717) is 6.54 Å². The normalized spacial score (nSPS) is 10.6. The Balaban J connectivity index is 2.07. The van der Waals surface area contributed by atoms with Crippen molar-refractivity contribution < 1.29 is 9.53 Å². The Kier molecular flexibility index (Phi) is 5.36. The molecule has 0 aliphatic carbocycles. The second-order valence-electron chi connectivity index (χ2n) is 3.54. The van der Waals surface area contributed by atoms with Gasteiger partial charge in [-0.25, -0.2) is 0 Å². The van der Waals surface area contributed by atoms with E-state index >= 15 is 0 Å². The quantitative estimate of drug-likeness (QED) is 0.805. The molecule has 1 heterocycles. The van der Waals surface area contributed by atoms with Crippen LogP contribution in [0, 0.1) is 0 Å². The standard InChI is InChI=1S/C11H17NO2S/c1-9(2)14-8-11(13)12-6-5-10-4-3-7-15-10/h3-4,7,9H,5-6,8H2,1-2H3,(H,12,13). The highest BCUT2D eigenvalue weighted by atomic mass is 32.1. The summed E-state index contributed by atoms with van der Waals surface area (Å²) in [6, 6.07) is 4.09. The average molecular weight is 227 g/mol. The van der Waals surface area contributed by atoms with E-state index in [-0.39, 0.29) is 18.6 Å². The van der Waals surface area contributed by atoms with Crippen LogP contribution in [-0.4, -0.2) is 25.2 Å². The molecule has 1 aromatic heterocycles. The lowest BCUT2D eigenvalue weighted by Gasteiger charge is -2.07. The molecule has 0 radical (unpaired) electrons. The summed E-state index contributed by atoms with van der Waals surface area (Å²) in [5, 5.41) is 4.86. The highest BCUT2D eigenvalue weighted by molar-refractivity contribution is 7.09. The molecule has 15 heavy (non-hydrogen) atoms. The van der Waals surface area contributed by atoms with Crippen LogP contribution in [0.25, 0.3) is 0 Å². The minimum absolute atomic E-state index is 0.0414. The molecule has 1 aromatic rings. The molecule has 1 rings (SSSR count). The molecule has 0 aromatic carbocycles. The summed E-state index contributed by atoms with van der Waals surface area (Å²) in [7, 11) is 0. The van der Waals surface area contributed by atoms with Crippen LogP contribution >= 0.6 is 11.3 Å². The molecule has 0 aliphatic heterocycles. The summed E-state index contributed by atoms with van der Waals surface area (Å²) in [4.78, 5) is 12.5. The lowest BCUT2D eigenvalue weighted by Crippen LogP contribution is -2.30. The molecule has 0 atom stereocenters. The van der Waals surface area contributed by atoms with Gasteiger partial charge in [0.25, 0.3) is 0 Å². The molecule has 0 saturated carbocycles. The Morgan fingerprint density at radius 2 is 2.40 bits per heavy atom. The number of rotatable bonds is 6. The van der Waals surface area contributed by atoms with Crippen LogP contribution in [0.4, 0.5) is 0 Å². The van der Waals surface area contributed by atoms with Crippen molar-refractivity contribution in [3.8, 4) is 0 Å². The van der Waals surface area contributed by atoms with Crippen molar-refractivity contribution >= 4 is 17.2 Å². The Morgan fingerprint density at radius 1 is 1.60 bits per heavy atom. The van der Waals surface area contributed by atoms with Crippen LogP contribution in [0.2, 0.25) is 0 Å². The van der Waals surface area contributed by atoms with Crippen LogP contribution in [0.3, 0.4) is 0 Å². The van der Waals surface area contributed by atoms with Crippen LogP contribution < -0.4 is 5.32 Å². The average Bonchev–Trinajstić information content (AvgIpc) is 2.67. The van der Waals surface area contributed by atoms with Gasteiger partial charge in [-0.2, -0.15) is 0 Å². The van der Waals surface area contributed by atoms with E-state index in [2.05, 4.69) is 11.4 Å². The van der Waals surface area contributed by atoms with Crippen LogP contribution in [0.5, 0.6) is 0 Å². The summed E-state index contributed by atoms with van der Waals surface area (Å²) < 4.78 is 5.18. The maximum Gasteiger partial charge on any atom is 0.246 e. The monoisotopic (exact) mass is 227 g/mol. The van der Waals surface area contributed by atoms with Gasteiger partial charge in [-0.05, 0) is 31.7 Å². The van der Waals surface area contributed by atoms with Crippen LogP contribution in [0.15, 0.2) is 17.5 Å². The molecule has 0 spiro atoms. The fourth-order valence-corrected chi connectivity index (χ4v) is 1.78. The molecular formula is C11H17NO2S. The number of hydrogen-bond donors (Lipinski definition) is 1. The van der Waals surface area contributed by atoms with Crippen molar-refractivity contribution in [2.45, 2.75) is 26.4 Å². The van der Waals surface area contributed by atoms with Crippen molar-refractivity contribution in [1.82, 2.24) is 5.32 Å². The summed E-state index contributed by atoms with van der Waals surface area (Å²) in [5.74, 6) is -0.0414. The molecule has 1 amide bonds. The molecular weight excluding hydrogens is 210 g/mol. The number of thiophene rings is 1. The first-order chi connectivity index (χ1) is 7.18. The van der Waals surface area contributed by atoms with E-state index in [0.717, 1.165) is 6.42 Å². The number of hydrogen-bond acceptors (Lipinski definition) is 3. The van der Waals surface area contributed by atoms with Crippen molar-refractivity contribution in [3.05, 3.63) is 22.4 Å². The molecule has 0 fully saturated rings. The van der Waals surface area contributed by atoms with Gasteiger partial charge in [-0.3, -0.25) is 4.79 Å². The fourth-order valence-electron chi connectivity index (χ4n) is 1.07. The van der Waals surface area contributed by atoms with Gasteiger partial charge in [0.1, 0.15) is 6.61 Å². The smallest absolute Gasteiger partial charge is 0.246 e. The molecule has 0 saturated heterocycles. The lowest BCUT2D eigenvalue weighted by atomic mass is 10.3. The Hall–Kier alpha value is -0.870. The van der Waals surface area contributed by atoms with Gasteiger partial charge in [-0.15, -0.1) is 11.3 Å². The second-order valence-corrected chi connectivity index (χ2v) is 4.57. The number of nitrogens with one attached hydrogen (secondary N) is 1. The minimum Gasteiger partial charge on any atom is -0.369 e. The zero-order chi connectivity index (χ0) is 11.1. The third-order valence-electron chi connectivity index (χ3n) is 1.82. The minimum atomic E-state index is -0.0414. The maximum absolute atomic E-state index is 11.2. The van der Waals surface area contributed by atoms with Crippen molar-refractivity contribution in [2.24, 2.45) is 0 Å². The Bertz CT molecular complexity index is 283. The summed E-state index contributed by atoms with van der Waals surface area (Å²) in [5.41, 5.74) is 0. The number of amides is 1. The van der Waals surface area contributed by atoms with E-state index in [1.54, 1.807) is 11.3 Å². The first-order valence-corrected chi connectivity index (χ1v) is 5.97. The summed E-state index contributed by atoms with van der Waals surface area (Å²) in [6.07, 6.45) is 0.999. The predicted octanol–water partition coefficient (Wildman–Crippen LogP) is 1.83. The summed E-state index contributed by atoms with van der Waals surface area (Å²) in [6.45, 7) is 4.67. The molecule has 3 nitrogen and oxygen atoms in total. The molecule has 0 unspecified atom stereocenters. The largest absolute Gasteiger partial charge is 0.369 e. The van der Waals surface area contributed by atoms with E-state index in [1.807, 2.05) is 25.3 Å². The van der Waals surface area contributed by atoms with Crippen molar-refractivity contribution in [3.63, 3.8) is 0 Å². The number of carbonyl (C=O) groups excluding carboxylic acids is 1. The molecule has 84 valence electrons. The number of ether oxygens (including phenoxy) is 1. The molecule has 0 bridgehead atoms. The van der Waals surface area contributed by atoms with Crippen molar-refractivity contribution in [1.29, 1.82) is 0 Å². The van der Waals surface area contributed by atoms with Gasteiger partial charge in [0.05, 0.1) is 6.10 Å². The zero-order valence-corrected chi connectivity index (χ0v) is 9.97. The highest BCUT2D eigenvalue weighted by Crippen LogP contribution is 2.07. The van der Waals surface area contributed by atoms with Gasteiger partial charge in [-0.1, -0.05) is 6.07 Å². The maximum atomic E-state index is 11.2. The van der Waals surface area contributed by atoms with Gasteiger partial charge in [0.15, 0.2) is 0 Å². The SMILES string of the molecule is CC(C)OCC(=O)NCCc1cccs1. The first-order valence-electron chi connectivity index (χ1n) is 5.09. The van der Waals surface area contributed by atoms with Gasteiger partial charge in [0.2, 0.25) is 5.91 Å². The highest BCUT2D eigenvalue weighted by Gasteiger charge is 2.02.